The van der Waals surface area contributed by atoms with Crippen LogP contribution in [0.1, 0.15) is 5.82 Å². The van der Waals surface area contributed by atoms with E-state index in [9.17, 15) is 26.3 Å². The maximum atomic E-state index is 11.7. The van der Waals surface area contributed by atoms with E-state index in [0.29, 0.717) is 0 Å². The normalized spacial score (nSPS) is 11.4. The number of rotatable bonds is 0. The number of hydrogen-bond acceptors (Lipinski definition) is 3. The summed E-state index contributed by atoms with van der Waals surface area (Å²) >= 11 is 0. The van der Waals surface area contributed by atoms with Crippen molar-refractivity contribution in [2.75, 3.05) is 0 Å². The van der Waals surface area contributed by atoms with Gasteiger partial charge in [0.1, 0.15) is 0 Å². The van der Waals surface area contributed by atoms with Crippen LogP contribution in [0.3, 0.4) is 0 Å². The van der Waals surface area contributed by atoms with Gasteiger partial charge in [-0.05, 0) is 6.07 Å². The lowest BCUT2D eigenvalue weighted by molar-refractivity contribution is -0.192. The van der Waals surface area contributed by atoms with Gasteiger partial charge < -0.3 is 5.11 Å². The van der Waals surface area contributed by atoms with E-state index >= 15 is 0 Å². The smallest absolute Gasteiger partial charge is 0.475 e. The number of carbonyl (C=O) groups is 1. The molecule has 0 aliphatic heterocycles. The summed E-state index contributed by atoms with van der Waals surface area (Å²) in [5.41, 5.74) is 0. The minimum atomic E-state index is -5.08. The van der Waals surface area contributed by atoms with E-state index in [1.807, 2.05) is 0 Å². The Balaban J connectivity index is 0.000000325. The van der Waals surface area contributed by atoms with E-state index in [1.165, 1.54) is 6.07 Å². The zero-order chi connectivity index (χ0) is 13.7. The second-order valence-corrected chi connectivity index (χ2v) is 2.37. The molecule has 0 aliphatic rings. The number of aromatic nitrogens is 2. The second kappa shape index (κ2) is 5.46. The molecule has 0 unspecified atom stereocenters. The predicted octanol–water partition coefficient (Wildman–Crippen LogP) is 2.13. The van der Waals surface area contributed by atoms with Crippen molar-refractivity contribution in [1.29, 1.82) is 0 Å². The Morgan fingerprint density at radius 1 is 1.06 bits per heavy atom. The molecule has 96 valence electrons. The van der Waals surface area contributed by atoms with Crippen molar-refractivity contribution in [2.24, 2.45) is 0 Å². The molecule has 1 aromatic rings. The number of carboxylic acids is 1. The van der Waals surface area contributed by atoms with Crippen molar-refractivity contribution >= 4 is 5.97 Å². The molecule has 0 spiro atoms. The average molecular weight is 262 g/mol. The van der Waals surface area contributed by atoms with Gasteiger partial charge in [0.25, 0.3) is 0 Å². The molecule has 0 amide bonds. The zero-order valence-electron chi connectivity index (χ0n) is 7.75. The van der Waals surface area contributed by atoms with Crippen molar-refractivity contribution in [3.8, 4) is 0 Å². The molecule has 1 aromatic heterocycles. The Kier molecular flexibility index (Phi) is 4.86. The minimum absolute atomic E-state index is 1.05. The number of halogens is 6. The first-order chi connectivity index (χ1) is 7.55. The summed E-state index contributed by atoms with van der Waals surface area (Å²) in [6, 6.07) is 1.33. The van der Waals surface area contributed by atoms with Crippen LogP contribution in [-0.2, 0) is 11.0 Å². The summed E-state index contributed by atoms with van der Waals surface area (Å²) in [5.74, 6) is -3.86. The molecule has 0 radical (unpaired) electrons. The van der Waals surface area contributed by atoms with Crippen LogP contribution in [0.4, 0.5) is 26.3 Å². The second-order valence-electron chi connectivity index (χ2n) is 2.37. The Morgan fingerprint density at radius 2 is 1.41 bits per heavy atom. The monoisotopic (exact) mass is 262 g/mol. The van der Waals surface area contributed by atoms with Gasteiger partial charge in [0.05, 0.1) is 0 Å². The van der Waals surface area contributed by atoms with E-state index in [0.717, 1.165) is 12.4 Å². The third kappa shape index (κ3) is 6.33. The number of aliphatic carboxylic acids is 1. The van der Waals surface area contributed by atoms with E-state index in [1.54, 1.807) is 0 Å². The molecule has 17 heavy (non-hydrogen) atoms. The SMILES string of the molecule is FC(F)(F)c1ncccn1.O=C(O)C(F)(F)F. The summed E-state index contributed by atoms with van der Waals surface area (Å²) in [7, 11) is 0. The standard InChI is InChI=1S/C5H3F3N2.C2HF3O2/c6-5(7,8)4-9-2-1-3-10-4;3-2(4,5)1(6)7/h1-3H;(H,6,7). The number of hydrogen-bond donors (Lipinski definition) is 1. The number of alkyl halides is 6. The van der Waals surface area contributed by atoms with Crippen LogP contribution in [0.5, 0.6) is 0 Å². The van der Waals surface area contributed by atoms with Gasteiger partial charge >= 0.3 is 18.3 Å². The summed E-state index contributed by atoms with van der Waals surface area (Å²) in [6.07, 6.45) is -7.41. The van der Waals surface area contributed by atoms with Gasteiger partial charge in [0.2, 0.25) is 5.82 Å². The van der Waals surface area contributed by atoms with Gasteiger partial charge in [-0.1, -0.05) is 0 Å². The molecular formula is C7H4F6N2O2. The van der Waals surface area contributed by atoms with E-state index in [2.05, 4.69) is 9.97 Å². The van der Waals surface area contributed by atoms with Crippen LogP contribution in [0, 0.1) is 0 Å². The van der Waals surface area contributed by atoms with Crippen molar-refractivity contribution in [3.63, 3.8) is 0 Å². The van der Waals surface area contributed by atoms with Gasteiger partial charge in [-0.2, -0.15) is 26.3 Å². The van der Waals surface area contributed by atoms with E-state index < -0.39 is 24.1 Å². The lowest BCUT2D eigenvalue weighted by Gasteiger charge is -2.01. The van der Waals surface area contributed by atoms with Crippen LogP contribution in [0.25, 0.3) is 0 Å². The fourth-order valence-electron chi connectivity index (χ4n) is 0.445. The molecule has 1 rings (SSSR count). The molecule has 0 aliphatic carbocycles. The fourth-order valence-corrected chi connectivity index (χ4v) is 0.445. The van der Waals surface area contributed by atoms with Crippen molar-refractivity contribution < 1.29 is 36.2 Å². The van der Waals surface area contributed by atoms with Crippen LogP contribution in [-0.4, -0.2) is 27.2 Å². The van der Waals surface area contributed by atoms with Crippen molar-refractivity contribution in [1.82, 2.24) is 9.97 Å². The highest BCUT2D eigenvalue weighted by atomic mass is 19.4. The molecule has 0 saturated heterocycles. The summed E-state index contributed by atoms with van der Waals surface area (Å²) in [6.45, 7) is 0. The summed E-state index contributed by atoms with van der Waals surface area (Å²) < 4.78 is 66.7. The van der Waals surface area contributed by atoms with Crippen LogP contribution < -0.4 is 0 Å². The maximum Gasteiger partial charge on any atom is 0.490 e. The predicted molar refractivity (Wildman–Crippen MR) is 40.7 cm³/mol. The molecule has 0 fully saturated rings. The molecule has 10 heteroatoms. The largest absolute Gasteiger partial charge is 0.490 e. The Morgan fingerprint density at radius 3 is 1.59 bits per heavy atom. The van der Waals surface area contributed by atoms with Crippen LogP contribution >= 0.6 is 0 Å². The van der Waals surface area contributed by atoms with Gasteiger partial charge in [-0.15, -0.1) is 0 Å². The molecule has 0 bridgehead atoms. The van der Waals surface area contributed by atoms with Gasteiger partial charge in [0.15, 0.2) is 0 Å². The van der Waals surface area contributed by atoms with Gasteiger partial charge in [0, 0.05) is 12.4 Å². The Hall–Kier alpha value is -1.87. The van der Waals surface area contributed by atoms with E-state index in [4.69, 9.17) is 9.90 Å². The lowest BCUT2D eigenvalue weighted by atomic mass is 10.5. The van der Waals surface area contributed by atoms with Crippen molar-refractivity contribution in [2.45, 2.75) is 12.4 Å². The van der Waals surface area contributed by atoms with Crippen molar-refractivity contribution in [3.05, 3.63) is 24.3 Å². The minimum Gasteiger partial charge on any atom is -0.475 e. The lowest BCUT2D eigenvalue weighted by Crippen LogP contribution is -2.21. The first-order valence-corrected chi connectivity index (χ1v) is 3.69. The van der Waals surface area contributed by atoms with Crippen LogP contribution in [0.2, 0.25) is 0 Å². The molecule has 0 saturated carbocycles. The average Bonchev–Trinajstić information content (AvgIpc) is 2.17. The molecule has 0 atom stereocenters. The van der Waals surface area contributed by atoms with E-state index in [-0.39, 0.29) is 0 Å². The third-order valence-corrected chi connectivity index (χ3v) is 1.06. The molecule has 1 N–H and O–H groups in total. The van der Waals surface area contributed by atoms with Gasteiger partial charge in [-0.3, -0.25) is 0 Å². The highest BCUT2D eigenvalue weighted by molar-refractivity contribution is 5.73. The topological polar surface area (TPSA) is 63.1 Å². The first-order valence-electron chi connectivity index (χ1n) is 3.69. The molecular weight excluding hydrogens is 258 g/mol. The highest BCUT2D eigenvalue weighted by Crippen LogP contribution is 2.24. The molecule has 0 aromatic carbocycles. The molecule has 4 nitrogen and oxygen atoms in total. The molecule has 1 heterocycles. The van der Waals surface area contributed by atoms with Gasteiger partial charge in [-0.25, -0.2) is 14.8 Å². The number of nitrogens with zero attached hydrogens (tertiary/aromatic N) is 2. The summed E-state index contributed by atoms with van der Waals surface area (Å²) in [5, 5.41) is 7.12. The summed E-state index contributed by atoms with van der Waals surface area (Å²) in [4.78, 5) is 14.9. The third-order valence-electron chi connectivity index (χ3n) is 1.06. The quantitative estimate of drug-likeness (QED) is 0.727. The highest BCUT2D eigenvalue weighted by Gasteiger charge is 2.38. The Labute approximate surface area is 89.9 Å². The maximum absolute atomic E-state index is 11.7. The first kappa shape index (κ1) is 15.1. The number of carboxylic acid groups (broad SMARTS) is 1. The van der Waals surface area contributed by atoms with Crippen LogP contribution in [0.15, 0.2) is 18.5 Å². The zero-order valence-corrected chi connectivity index (χ0v) is 7.75. The Bertz CT molecular complexity index is 361. The fraction of sp³-hybridized carbons (Fsp3) is 0.286.